The predicted octanol–water partition coefficient (Wildman–Crippen LogP) is 3.21. The third-order valence-corrected chi connectivity index (χ3v) is 4.74. The Morgan fingerprint density at radius 2 is 2.10 bits per heavy atom. The van der Waals surface area contributed by atoms with Crippen LogP contribution < -0.4 is 10.2 Å². The Bertz CT molecular complexity index is 460. The van der Waals surface area contributed by atoms with Crippen LogP contribution in [-0.4, -0.2) is 24.1 Å². The fourth-order valence-electron chi connectivity index (χ4n) is 3.05. The minimum atomic E-state index is 0.399. The molecule has 3 rings (SSSR count). The summed E-state index contributed by atoms with van der Waals surface area (Å²) in [6.45, 7) is 10.3. The molecule has 110 valence electrons. The molecule has 1 aromatic rings. The minimum Gasteiger partial charge on any atom is -0.356 e. The van der Waals surface area contributed by atoms with E-state index in [0.29, 0.717) is 5.41 Å². The fraction of sp³-hybridized carbons (Fsp3) is 0.706. The Morgan fingerprint density at radius 1 is 1.30 bits per heavy atom. The van der Waals surface area contributed by atoms with Crippen LogP contribution in [-0.2, 0) is 6.54 Å². The maximum Gasteiger partial charge on any atom is 0.133 e. The number of pyridine rings is 1. The van der Waals surface area contributed by atoms with Crippen LogP contribution in [0, 0.1) is 11.3 Å². The maximum absolute atomic E-state index is 4.66. The summed E-state index contributed by atoms with van der Waals surface area (Å²) < 4.78 is 0. The number of hydrogen-bond donors (Lipinski definition) is 1. The van der Waals surface area contributed by atoms with Gasteiger partial charge in [-0.25, -0.2) is 4.98 Å². The highest BCUT2D eigenvalue weighted by Gasteiger charge is 2.33. The second kappa shape index (κ2) is 5.36. The molecule has 1 saturated heterocycles. The summed E-state index contributed by atoms with van der Waals surface area (Å²) in [6.07, 6.45) is 5.90. The molecule has 3 heteroatoms. The lowest BCUT2D eigenvalue weighted by atomic mass is 9.80. The van der Waals surface area contributed by atoms with E-state index in [-0.39, 0.29) is 0 Å². The molecule has 1 aliphatic heterocycles. The largest absolute Gasteiger partial charge is 0.356 e. The second-order valence-corrected chi connectivity index (χ2v) is 7.44. The molecule has 1 atom stereocenters. The molecule has 0 bridgehead atoms. The Labute approximate surface area is 122 Å². The molecule has 0 radical (unpaired) electrons. The van der Waals surface area contributed by atoms with Crippen molar-refractivity contribution in [3.63, 3.8) is 0 Å². The van der Waals surface area contributed by atoms with Crippen LogP contribution in [0.3, 0.4) is 0 Å². The number of nitrogens with one attached hydrogen (secondary N) is 1. The molecule has 0 aromatic carbocycles. The molecule has 2 fully saturated rings. The molecule has 20 heavy (non-hydrogen) atoms. The van der Waals surface area contributed by atoms with Crippen LogP contribution in [0.1, 0.15) is 45.6 Å². The summed E-state index contributed by atoms with van der Waals surface area (Å²) in [4.78, 5) is 7.15. The first-order valence-corrected chi connectivity index (χ1v) is 7.96. The number of anilines is 1. The lowest BCUT2D eigenvalue weighted by molar-refractivity contribution is 0.263. The molecule has 3 nitrogen and oxygen atoms in total. The van der Waals surface area contributed by atoms with E-state index in [4.69, 9.17) is 0 Å². The molecular weight excluding hydrogens is 246 g/mol. The summed E-state index contributed by atoms with van der Waals surface area (Å²) in [5.74, 6) is 1.97. The van der Waals surface area contributed by atoms with E-state index in [1.54, 1.807) is 0 Å². The van der Waals surface area contributed by atoms with Gasteiger partial charge in [-0.1, -0.05) is 26.8 Å². The zero-order chi connectivity index (χ0) is 14.2. The Hall–Kier alpha value is -1.09. The van der Waals surface area contributed by atoms with Crippen LogP contribution in [0.2, 0.25) is 0 Å². The van der Waals surface area contributed by atoms with Gasteiger partial charge in [-0.15, -0.1) is 0 Å². The van der Waals surface area contributed by atoms with Crippen molar-refractivity contribution in [2.75, 3.05) is 18.0 Å². The molecule has 2 heterocycles. The van der Waals surface area contributed by atoms with Gasteiger partial charge in [0.25, 0.3) is 0 Å². The first kappa shape index (κ1) is 13.9. The Kier molecular flexibility index (Phi) is 3.72. The van der Waals surface area contributed by atoms with Gasteiger partial charge in [0.1, 0.15) is 5.82 Å². The molecule has 2 aliphatic rings. The van der Waals surface area contributed by atoms with Gasteiger partial charge < -0.3 is 10.2 Å². The SMILES string of the molecule is CC(C)(C)C1CCN(c2ncccc2CNC2CC2)C1. The second-order valence-electron chi connectivity index (χ2n) is 7.44. The number of rotatable bonds is 4. The van der Waals surface area contributed by atoms with E-state index in [1.807, 2.05) is 6.20 Å². The van der Waals surface area contributed by atoms with Gasteiger partial charge in [0.05, 0.1) is 0 Å². The molecular formula is C17H27N3. The highest BCUT2D eigenvalue weighted by Crippen LogP contribution is 2.36. The molecule has 1 aromatic heterocycles. The van der Waals surface area contributed by atoms with Gasteiger partial charge in [-0.2, -0.15) is 0 Å². The van der Waals surface area contributed by atoms with Crippen LogP contribution in [0.15, 0.2) is 18.3 Å². The molecule has 1 saturated carbocycles. The first-order valence-electron chi connectivity index (χ1n) is 7.96. The van der Waals surface area contributed by atoms with Gasteiger partial charge in [0.15, 0.2) is 0 Å². The Morgan fingerprint density at radius 3 is 2.75 bits per heavy atom. The minimum absolute atomic E-state index is 0.399. The summed E-state index contributed by atoms with van der Waals surface area (Å²) in [5.41, 5.74) is 1.75. The van der Waals surface area contributed by atoms with Crippen molar-refractivity contribution in [3.8, 4) is 0 Å². The molecule has 0 amide bonds. The van der Waals surface area contributed by atoms with Gasteiger partial charge in [0.2, 0.25) is 0 Å². The van der Waals surface area contributed by atoms with E-state index in [2.05, 4.69) is 48.1 Å². The number of aromatic nitrogens is 1. The van der Waals surface area contributed by atoms with Crippen LogP contribution >= 0.6 is 0 Å². The highest BCUT2D eigenvalue weighted by atomic mass is 15.2. The number of nitrogens with zero attached hydrogens (tertiary/aromatic N) is 2. The molecule has 0 spiro atoms. The van der Waals surface area contributed by atoms with Gasteiger partial charge in [0, 0.05) is 37.4 Å². The summed E-state index contributed by atoms with van der Waals surface area (Å²) in [5, 5.41) is 3.61. The van der Waals surface area contributed by atoms with Crippen molar-refractivity contribution in [1.82, 2.24) is 10.3 Å². The number of hydrogen-bond acceptors (Lipinski definition) is 3. The van der Waals surface area contributed by atoms with Crippen LogP contribution in [0.4, 0.5) is 5.82 Å². The lowest BCUT2D eigenvalue weighted by Crippen LogP contribution is -2.28. The lowest BCUT2D eigenvalue weighted by Gasteiger charge is -2.27. The fourth-order valence-corrected chi connectivity index (χ4v) is 3.05. The molecule has 1 aliphatic carbocycles. The van der Waals surface area contributed by atoms with Crippen LogP contribution in [0.25, 0.3) is 0 Å². The molecule has 1 N–H and O–H groups in total. The van der Waals surface area contributed by atoms with E-state index in [9.17, 15) is 0 Å². The zero-order valence-electron chi connectivity index (χ0n) is 13.0. The van der Waals surface area contributed by atoms with Gasteiger partial charge in [-0.3, -0.25) is 0 Å². The summed E-state index contributed by atoms with van der Waals surface area (Å²) in [7, 11) is 0. The van der Waals surface area contributed by atoms with E-state index in [1.165, 1.54) is 30.6 Å². The average Bonchev–Trinajstić information content (AvgIpc) is 3.09. The van der Waals surface area contributed by atoms with E-state index in [0.717, 1.165) is 31.6 Å². The monoisotopic (exact) mass is 273 g/mol. The average molecular weight is 273 g/mol. The van der Waals surface area contributed by atoms with Crippen molar-refractivity contribution < 1.29 is 0 Å². The smallest absolute Gasteiger partial charge is 0.133 e. The predicted molar refractivity (Wildman–Crippen MR) is 83.9 cm³/mol. The van der Waals surface area contributed by atoms with Crippen molar-refractivity contribution in [2.45, 2.75) is 52.6 Å². The van der Waals surface area contributed by atoms with Crippen molar-refractivity contribution in [2.24, 2.45) is 11.3 Å². The maximum atomic E-state index is 4.66. The quantitative estimate of drug-likeness (QED) is 0.913. The third-order valence-electron chi connectivity index (χ3n) is 4.74. The van der Waals surface area contributed by atoms with Crippen molar-refractivity contribution in [1.29, 1.82) is 0 Å². The topological polar surface area (TPSA) is 28.2 Å². The van der Waals surface area contributed by atoms with E-state index >= 15 is 0 Å². The Balaban J connectivity index is 1.70. The standard InChI is InChI=1S/C17H27N3/c1-17(2,3)14-8-10-20(12-14)16-13(5-4-9-18-16)11-19-15-6-7-15/h4-5,9,14-15,19H,6-8,10-12H2,1-3H3. The van der Waals surface area contributed by atoms with E-state index < -0.39 is 0 Å². The summed E-state index contributed by atoms with van der Waals surface area (Å²) >= 11 is 0. The first-order chi connectivity index (χ1) is 9.54. The molecule has 1 unspecified atom stereocenters. The van der Waals surface area contributed by atoms with Crippen LogP contribution in [0.5, 0.6) is 0 Å². The van der Waals surface area contributed by atoms with Gasteiger partial charge >= 0.3 is 0 Å². The summed E-state index contributed by atoms with van der Waals surface area (Å²) in [6, 6.07) is 5.04. The normalized spacial score (nSPS) is 23.4. The van der Waals surface area contributed by atoms with Crippen molar-refractivity contribution >= 4 is 5.82 Å². The highest BCUT2D eigenvalue weighted by molar-refractivity contribution is 5.47. The zero-order valence-corrected chi connectivity index (χ0v) is 13.0. The van der Waals surface area contributed by atoms with Crippen molar-refractivity contribution in [3.05, 3.63) is 23.9 Å². The van der Waals surface area contributed by atoms with Gasteiger partial charge in [-0.05, 0) is 36.7 Å². The third kappa shape index (κ3) is 3.14.